The van der Waals surface area contributed by atoms with Crippen LogP contribution in [0.3, 0.4) is 0 Å². The molecular weight excluding hydrogens is 342 g/mol. The molecule has 0 radical (unpaired) electrons. The summed E-state index contributed by atoms with van der Waals surface area (Å²) in [5.41, 5.74) is 6.45. The van der Waals surface area contributed by atoms with Gasteiger partial charge in [0.05, 0.1) is 12.2 Å². The largest absolute Gasteiger partial charge is 0.397 e. The summed E-state index contributed by atoms with van der Waals surface area (Å²) in [6, 6.07) is 5.66. The van der Waals surface area contributed by atoms with Crippen LogP contribution in [-0.4, -0.2) is 37.4 Å². The summed E-state index contributed by atoms with van der Waals surface area (Å²) < 4.78 is 1.86. The van der Waals surface area contributed by atoms with E-state index in [1.807, 2.05) is 18.2 Å². The molecule has 0 bridgehead atoms. The zero-order valence-electron chi connectivity index (χ0n) is 11.1. The van der Waals surface area contributed by atoms with Crippen LogP contribution in [0, 0.1) is 0 Å². The molecule has 0 aliphatic carbocycles. The van der Waals surface area contributed by atoms with Crippen LogP contribution < -0.4 is 11.1 Å². The number of nitrogens with two attached hydrogens (primary N) is 1. The number of amides is 2. The van der Waals surface area contributed by atoms with Crippen LogP contribution in [-0.2, 0) is 4.79 Å². The highest BCUT2D eigenvalue weighted by atomic mass is 79.9. The van der Waals surface area contributed by atoms with E-state index in [0.717, 1.165) is 14.6 Å². The van der Waals surface area contributed by atoms with Crippen LogP contribution >= 0.6 is 27.3 Å². The maximum atomic E-state index is 12.1. The number of nitrogen functional groups attached to an aromatic ring is 1. The Balaban J connectivity index is 2.22. The summed E-state index contributed by atoms with van der Waals surface area (Å²) in [6.07, 6.45) is 0. The van der Waals surface area contributed by atoms with Gasteiger partial charge in [-0.15, -0.1) is 11.3 Å². The first kappa shape index (κ1) is 14.8. The van der Waals surface area contributed by atoms with Gasteiger partial charge < -0.3 is 16.0 Å². The molecule has 0 saturated heterocycles. The minimum atomic E-state index is -0.324. The van der Waals surface area contributed by atoms with Crippen molar-refractivity contribution in [1.82, 2.24) is 10.2 Å². The molecule has 0 unspecified atom stereocenters. The standard InChI is InChI=1S/C13H14BrN3O2S/c1-17(2)10(18)6-16-13(19)12-11(15)8-4-3-7(14)5-9(8)20-12/h3-5H,6,15H2,1-2H3,(H,16,19). The number of nitrogens with one attached hydrogen (secondary N) is 1. The molecule has 1 aromatic heterocycles. The van der Waals surface area contributed by atoms with Crippen molar-refractivity contribution < 1.29 is 9.59 Å². The quantitative estimate of drug-likeness (QED) is 0.884. The van der Waals surface area contributed by atoms with Gasteiger partial charge >= 0.3 is 0 Å². The normalized spacial score (nSPS) is 10.6. The molecule has 2 aromatic rings. The minimum Gasteiger partial charge on any atom is -0.397 e. The van der Waals surface area contributed by atoms with E-state index in [1.54, 1.807) is 14.1 Å². The number of halogens is 1. The molecule has 5 nitrogen and oxygen atoms in total. The van der Waals surface area contributed by atoms with E-state index in [-0.39, 0.29) is 18.4 Å². The Labute approximate surface area is 128 Å². The van der Waals surface area contributed by atoms with Gasteiger partial charge in [0, 0.05) is 28.7 Å². The first-order valence-electron chi connectivity index (χ1n) is 5.86. The lowest BCUT2D eigenvalue weighted by atomic mass is 10.2. The van der Waals surface area contributed by atoms with E-state index in [4.69, 9.17) is 5.73 Å². The molecule has 0 fully saturated rings. The van der Waals surface area contributed by atoms with Crippen molar-refractivity contribution in [1.29, 1.82) is 0 Å². The van der Waals surface area contributed by atoms with Crippen LogP contribution in [0.4, 0.5) is 5.69 Å². The van der Waals surface area contributed by atoms with Crippen molar-refractivity contribution in [3.05, 3.63) is 27.5 Å². The van der Waals surface area contributed by atoms with Gasteiger partial charge in [0.1, 0.15) is 4.88 Å². The van der Waals surface area contributed by atoms with Crippen molar-refractivity contribution in [3.8, 4) is 0 Å². The molecule has 20 heavy (non-hydrogen) atoms. The fourth-order valence-corrected chi connectivity index (χ4v) is 3.24. The lowest BCUT2D eigenvalue weighted by Gasteiger charge is -2.10. The van der Waals surface area contributed by atoms with E-state index in [0.29, 0.717) is 10.6 Å². The Morgan fingerprint density at radius 2 is 2.10 bits per heavy atom. The van der Waals surface area contributed by atoms with Crippen LogP contribution in [0.2, 0.25) is 0 Å². The average Bonchev–Trinajstić information content (AvgIpc) is 2.72. The summed E-state index contributed by atoms with van der Waals surface area (Å²) in [6.45, 7) is -0.0385. The molecule has 7 heteroatoms. The van der Waals surface area contributed by atoms with E-state index in [9.17, 15) is 9.59 Å². The molecule has 2 rings (SSSR count). The van der Waals surface area contributed by atoms with Crippen molar-refractivity contribution in [2.45, 2.75) is 0 Å². The Morgan fingerprint density at radius 3 is 2.75 bits per heavy atom. The number of benzene rings is 1. The second-order valence-corrected chi connectivity index (χ2v) is 6.42. The van der Waals surface area contributed by atoms with Gasteiger partial charge in [0.15, 0.2) is 0 Å². The lowest BCUT2D eigenvalue weighted by Crippen LogP contribution is -2.36. The van der Waals surface area contributed by atoms with Gasteiger partial charge in [-0.05, 0) is 12.1 Å². The highest BCUT2D eigenvalue weighted by Crippen LogP contribution is 2.35. The third-order valence-corrected chi connectivity index (χ3v) is 4.46. The first-order chi connectivity index (χ1) is 9.40. The number of anilines is 1. The fourth-order valence-electron chi connectivity index (χ4n) is 1.65. The molecule has 0 aliphatic heterocycles. The average molecular weight is 356 g/mol. The summed E-state index contributed by atoms with van der Waals surface area (Å²) >= 11 is 4.70. The lowest BCUT2D eigenvalue weighted by molar-refractivity contribution is -0.127. The van der Waals surface area contributed by atoms with Gasteiger partial charge in [-0.3, -0.25) is 9.59 Å². The SMILES string of the molecule is CN(C)C(=O)CNC(=O)c1sc2cc(Br)ccc2c1N. The molecule has 0 aliphatic rings. The maximum absolute atomic E-state index is 12.1. The van der Waals surface area contributed by atoms with Crippen LogP contribution in [0.15, 0.2) is 22.7 Å². The first-order valence-corrected chi connectivity index (χ1v) is 7.47. The number of carbonyl (C=O) groups is 2. The third-order valence-electron chi connectivity index (χ3n) is 2.80. The van der Waals surface area contributed by atoms with E-state index in [1.165, 1.54) is 16.2 Å². The van der Waals surface area contributed by atoms with Crippen molar-refractivity contribution in [3.63, 3.8) is 0 Å². The number of fused-ring (bicyclic) bond motifs is 1. The minimum absolute atomic E-state index is 0.0385. The smallest absolute Gasteiger partial charge is 0.263 e. The molecule has 2 amide bonds. The highest BCUT2D eigenvalue weighted by molar-refractivity contribution is 9.10. The van der Waals surface area contributed by atoms with E-state index >= 15 is 0 Å². The predicted octanol–water partition coefficient (Wildman–Crippen LogP) is 2.06. The van der Waals surface area contributed by atoms with Crippen LogP contribution in [0.25, 0.3) is 10.1 Å². The monoisotopic (exact) mass is 355 g/mol. The van der Waals surface area contributed by atoms with Gasteiger partial charge in [0.2, 0.25) is 5.91 Å². The topological polar surface area (TPSA) is 75.4 Å². The maximum Gasteiger partial charge on any atom is 0.263 e. The van der Waals surface area contributed by atoms with E-state index in [2.05, 4.69) is 21.2 Å². The van der Waals surface area contributed by atoms with Crippen molar-refractivity contribution in [2.75, 3.05) is 26.4 Å². The number of thiophene rings is 1. The van der Waals surface area contributed by atoms with Gasteiger partial charge in [-0.1, -0.05) is 22.0 Å². The van der Waals surface area contributed by atoms with Gasteiger partial charge in [0.25, 0.3) is 5.91 Å². The van der Waals surface area contributed by atoms with Crippen molar-refractivity contribution >= 4 is 54.9 Å². The Kier molecular flexibility index (Phi) is 4.29. The Bertz CT molecular complexity index is 682. The molecule has 0 atom stereocenters. The van der Waals surface area contributed by atoms with Crippen LogP contribution in [0.1, 0.15) is 9.67 Å². The summed E-state index contributed by atoms with van der Waals surface area (Å²) in [7, 11) is 3.28. The van der Waals surface area contributed by atoms with Gasteiger partial charge in [-0.2, -0.15) is 0 Å². The molecular formula is C13H14BrN3O2S. The third kappa shape index (κ3) is 2.94. The highest BCUT2D eigenvalue weighted by Gasteiger charge is 2.17. The second-order valence-electron chi connectivity index (χ2n) is 4.46. The van der Waals surface area contributed by atoms with E-state index < -0.39 is 0 Å². The molecule has 0 spiro atoms. The number of nitrogens with zero attached hydrogens (tertiary/aromatic N) is 1. The van der Waals surface area contributed by atoms with Crippen LogP contribution in [0.5, 0.6) is 0 Å². The Morgan fingerprint density at radius 1 is 1.40 bits per heavy atom. The zero-order valence-corrected chi connectivity index (χ0v) is 13.5. The Hall–Kier alpha value is -1.60. The summed E-state index contributed by atoms with van der Waals surface area (Å²) in [5, 5.41) is 3.43. The summed E-state index contributed by atoms with van der Waals surface area (Å²) in [5.74, 6) is -0.490. The number of likely N-dealkylation sites (N-methyl/N-ethyl adjacent to an activating group) is 1. The summed E-state index contributed by atoms with van der Waals surface area (Å²) in [4.78, 5) is 25.4. The fraction of sp³-hybridized carbons (Fsp3) is 0.231. The van der Waals surface area contributed by atoms with Crippen molar-refractivity contribution in [2.24, 2.45) is 0 Å². The number of carbonyl (C=O) groups excluding carboxylic acids is 2. The zero-order chi connectivity index (χ0) is 14.9. The number of hydrogen-bond donors (Lipinski definition) is 2. The molecule has 1 heterocycles. The number of rotatable bonds is 3. The molecule has 106 valence electrons. The molecule has 0 saturated carbocycles. The molecule has 3 N–H and O–H groups in total. The molecule has 1 aromatic carbocycles. The predicted molar refractivity (Wildman–Crippen MR) is 85.0 cm³/mol. The van der Waals surface area contributed by atoms with Gasteiger partial charge in [-0.25, -0.2) is 0 Å². The second kappa shape index (κ2) is 5.80. The number of hydrogen-bond acceptors (Lipinski definition) is 4.